The van der Waals surface area contributed by atoms with E-state index in [0.717, 1.165) is 10.0 Å². The van der Waals surface area contributed by atoms with Crippen molar-refractivity contribution in [3.8, 4) is 0 Å². The number of hydrogen-bond acceptors (Lipinski definition) is 4. The Morgan fingerprint density at radius 3 is 2.74 bits per heavy atom. The number of carbonyl (C=O) groups excluding carboxylic acids is 1. The van der Waals surface area contributed by atoms with Gasteiger partial charge in [0.05, 0.1) is 13.2 Å². The largest absolute Gasteiger partial charge is 0.468 e. The SMILES string of the molecule is COC(=O)C(c1cccc(Br)c1)N(C)CCC(C)O. The number of ether oxygens (including phenoxy) is 1. The average Bonchev–Trinajstić information content (AvgIpc) is 2.36. The fraction of sp³-hybridized carbons (Fsp3) is 0.500. The molecule has 2 unspecified atom stereocenters. The van der Waals surface area contributed by atoms with Gasteiger partial charge in [-0.3, -0.25) is 4.90 Å². The highest BCUT2D eigenvalue weighted by atomic mass is 79.9. The van der Waals surface area contributed by atoms with Gasteiger partial charge < -0.3 is 9.84 Å². The van der Waals surface area contributed by atoms with E-state index in [4.69, 9.17) is 4.74 Å². The maximum atomic E-state index is 12.0. The second-order valence-corrected chi connectivity index (χ2v) is 5.51. The van der Waals surface area contributed by atoms with Crippen LogP contribution >= 0.6 is 15.9 Å². The van der Waals surface area contributed by atoms with Crippen LogP contribution in [0.1, 0.15) is 24.9 Å². The van der Waals surface area contributed by atoms with E-state index in [9.17, 15) is 9.90 Å². The molecule has 0 aliphatic rings. The quantitative estimate of drug-likeness (QED) is 0.814. The molecule has 0 radical (unpaired) electrons. The number of likely N-dealkylation sites (N-methyl/N-ethyl adjacent to an activating group) is 1. The Labute approximate surface area is 122 Å². The van der Waals surface area contributed by atoms with Gasteiger partial charge in [0, 0.05) is 11.0 Å². The van der Waals surface area contributed by atoms with Crippen molar-refractivity contribution in [2.24, 2.45) is 0 Å². The first-order valence-electron chi connectivity index (χ1n) is 6.17. The molecule has 0 aliphatic carbocycles. The number of halogens is 1. The number of carbonyl (C=O) groups is 1. The van der Waals surface area contributed by atoms with Crippen molar-refractivity contribution in [2.75, 3.05) is 20.7 Å². The van der Waals surface area contributed by atoms with Crippen LogP contribution in [0.2, 0.25) is 0 Å². The van der Waals surface area contributed by atoms with E-state index < -0.39 is 6.04 Å². The smallest absolute Gasteiger partial charge is 0.327 e. The standard InChI is InChI=1S/C14H20BrNO3/c1-10(17)7-8-16(2)13(14(18)19-3)11-5-4-6-12(15)9-11/h4-6,9-10,13,17H,7-8H2,1-3H3. The lowest BCUT2D eigenvalue weighted by molar-refractivity contribution is -0.146. The summed E-state index contributed by atoms with van der Waals surface area (Å²) >= 11 is 3.40. The van der Waals surface area contributed by atoms with E-state index in [1.165, 1.54) is 7.11 Å². The molecule has 0 saturated heterocycles. The van der Waals surface area contributed by atoms with E-state index in [1.54, 1.807) is 6.92 Å². The van der Waals surface area contributed by atoms with Gasteiger partial charge in [-0.1, -0.05) is 28.1 Å². The van der Waals surface area contributed by atoms with Crippen LogP contribution in [0.5, 0.6) is 0 Å². The summed E-state index contributed by atoms with van der Waals surface area (Å²) in [6, 6.07) is 7.14. The van der Waals surface area contributed by atoms with Crippen LogP contribution in [-0.4, -0.2) is 42.8 Å². The normalized spacial score (nSPS) is 14.2. The van der Waals surface area contributed by atoms with Crippen LogP contribution in [0, 0.1) is 0 Å². The van der Waals surface area contributed by atoms with Crippen molar-refractivity contribution < 1.29 is 14.6 Å². The minimum Gasteiger partial charge on any atom is -0.468 e. The summed E-state index contributed by atoms with van der Waals surface area (Å²) in [5.74, 6) is -0.300. The summed E-state index contributed by atoms with van der Waals surface area (Å²) in [5.41, 5.74) is 0.870. The van der Waals surface area contributed by atoms with E-state index in [0.29, 0.717) is 13.0 Å². The van der Waals surface area contributed by atoms with Gasteiger partial charge in [0.15, 0.2) is 0 Å². The van der Waals surface area contributed by atoms with Gasteiger partial charge in [-0.15, -0.1) is 0 Å². The molecule has 5 heteroatoms. The molecule has 1 aromatic rings. The number of nitrogens with zero attached hydrogens (tertiary/aromatic N) is 1. The van der Waals surface area contributed by atoms with Crippen molar-refractivity contribution in [1.29, 1.82) is 0 Å². The zero-order valence-electron chi connectivity index (χ0n) is 11.5. The number of methoxy groups -OCH3 is 1. The summed E-state index contributed by atoms with van der Waals surface area (Å²) in [7, 11) is 3.24. The molecule has 0 aliphatic heterocycles. The molecule has 4 nitrogen and oxygen atoms in total. The van der Waals surface area contributed by atoms with Crippen LogP contribution in [0.25, 0.3) is 0 Å². The highest BCUT2D eigenvalue weighted by molar-refractivity contribution is 9.10. The maximum Gasteiger partial charge on any atom is 0.327 e. The third-order valence-electron chi connectivity index (χ3n) is 2.93. The lowest BCUT2D eigenvalue weighted by Gasteiger charge is -2.26. The molecule has 106 valence electrons. The Hall–Kier alpha value is -0.910. The fourth-order valence-electron chi connectivity index (χ4n) is 1.88. The van der Waals surface area contributed by atoms with Crippen LogP contribution in [0.4, 0.5) is 0 Å². The first-order chi connectivity index (χ1) is 8.95. The highest BCUT2D eigenvalue weighted by Crippen LogP contribution is 2.24. The highest BCUT2D eigenvalue weighted by Gasteiger charge is 2.26. The zero-order chi connectivity index (χ0) is 14.4. The number of esters is 1. The Morgan fingerprint density at radius 2 is 2.21 bits per heavy atom. The van der Waals surface area contributed by atoms with Crippen molar-refractivity contribution >= 4 is 21.9 Å². The Balaban J connectivity index is 2.91. The molecule has 0 fully saturated rings. The number of aliphatic hydroxyl groups excluding tert-OH is 1. The Kier molecular flexibility index (Phi) is 6.48. The first kappa shape index (κ1) is 16.1. The van der Waals surface area contributed by atoms with E-state index >= 15 is 0 Å². The van der Waals surface area contributed by atoms with Gasteiger partial charge in [0.25, 0.3) is 0 Å². The molecule has 19 heavy (non-hydrogen) atoms. The minimum absolute atomic E-state index is 0.300. The number of benzene rings is 1. The Morgan fingerprint density at radius 1 is 1.53 bits per heavy atom. The van der Waals surface area contributed by atoms with Crippen molar-refractivity contribution in [1.82, 2.24) is 4.90 Å². The lowest BCUT2D eigenvalue weighted by Crippen LogP contribution is -2.33. The number of hydrogen-bond donors (Lipinski definition) is 1. The zero-order valence-corrected chi connectivity index (χ0v) is 13.1. The molecule has 2 atom stereocenters. The van der Waals surface area contributed by atoms with Crippen LogP contribution in [0.3, 0.4) is 0 Å². The van der Waals surface area contributed by atoms with Crippen LogP contribution in [0.15, 0.2) is 28.7 Å². The second kappa shape index (κ2) is 7.62. The lowest BCUT2D eigenvalue weighted by atomic mass is 10.1. The third kappa shape index (κ3) is 4.93. The molecule has 0 saturated carbocycles. The van der Waals surface area contributed by atoms with E-state index in [1.807, 2.05) is 36.2 Å². The molecule has 0 amide bonds. The van der Waals surface area contributed by atoms with Crippen LogP contribution < -0.4 is 0 Å². The molecule has 0 heterocycles. The summed E-state index contributed by atoms with van der Waals surface area (Å²) in [4.78, 5) is 13.9. The maximum absolute atomic E-state index is 12.0. The molecular formula is C14H20BrNO3. The number of aliphatic hydroxyl groups is 1. The van der Waals surface area contributed by atoms with E-state index in [2.05, 4.69) is 15.9 Å². The summed E-state index contributed by atoms with van der Waals surface area (Å²) in [6.07, 6.45) is 0.223. The molecule has 0 bridgehead atoms. The minimum atomic E-state index is -0.457. The van der Waals surface area contributed by atoms with Gasteiger partial charge >= 0.3 is 5.97 Å². The van der Waals surface area contributed by atoms with Gasteiger partial charge in [0.2, 0.25) is 0 Å². The topological polar surface area (TPSA) is 49.8 Å². The van der Waals surface area contributed by atoms with Gasteiger partial charge in [-0.2, -0.15) is 0 Å². The Bertz CT molecular complexity index is 423. The second-order valence-electron chi connectivity index (χ2n) is 4.60. The van der Waals surface area contributed by atoms with Gasteiger partial charge in [-0.05, 0) is 38.1 Å². The fourth-order valence-corrected chi connectivity index (χ4v) is 2.30. The van der Waals surface area contributed by atoms with Crippen molar-refractivity contribution in [3.63, 3.8) is 0 Å². The van der Waals surface area contributed by atoms with E-state index in [-0.39, 0.29) is 12.1 Å². The van der Waals surface area contributed by atoms with Gasteiger partial charge in [-0.25, -0.2) is 4.79 Å². The van der Waals surface area contributed by atoms with Crippen molar-refractivity contribution in [3.05, 3.63) is 34.3 Å². The molecule has 0 spiro atoms. The molecule has 1 aromatic carbocycles. The number of rotatable bonds is 6. The summed E-state index contributed by atoms with van der Waals surface area (Å²) in [6.45, 7) is 2.35. The molecule has 1 N–H and O–H groups in total. The first-order valence-corrected chi connectivity index (χ1v) is 6.96. The molecule has 0 aromatic heterocycles. The average molecular weight is 330 g/mol. The molecule has 1 rings (SSSR count). The monoisotopic (exact) mass is 329 g/mol. The predicted molar refractivity (Wildman–Crippen MR) is 77.8 cm³/mol. The van der Waals surface area contributed by atoms with Gasteiger partial charge in [0.1, 0.15) is 6.04 Å². The van der Waals surface area contributed by atoms with Crippen LogP contribution in [-0.2, 0) is 9.53 Å². The third-order valence-corrected chi connectivity index (χ3v) is 3.42. The molecular weight excluding hydrogens is 310 g/mol. The summed E-state index contributed by atoms with van der Waals surface area (Å²) < 4.78 is 5.80. The summed E-state index contributed by atoms with van der Waals surface area (Å²) in [5, 5.41) is 9.34. The van der Waals surface area contributed by atoms with Crippen molar-refractivity contribution in [2.45, 2.75) is 25.5 Å². The predicted octanol–water partition coefficient (Wildman–Crippen LogP) is 2.37.